The first-order valence-electron chi connectivity index (χ1n) is 14.6. The van der Waals surface area contributed by atoms with E-state index in [1.807, 2.05) is 13.8 Å². The molecular formula is C31H56N2O2. The molecule has 3 atom stereocenters. The molecule has 1 rings (SSSR count). The monoisotopic (exact) mass is 488 g/mol. The Morgan fingerprint density at radius 1 is 0.800 bits per heavy atom. The van der Waals surface area contributed by atoms with Crippen LogP contribution in [0.3, 0.4) is 0 Å². The molecule has 0 aromatic carbocycles. The van der Waals surface area contributed by atoms with Crippen LogP contribution >= 0.6 is 0 Å². The minimum atomic E-state index is -0.937. The van der Waals surface area contributed by atoms with Crippen molar-refractivity contribution < 1.29 is 10.2 Å². The minimum absolute atomic E-state index is 0.472. The van der Waals surface area contributed by atoms with Gasteiger partial charge in [-0.3, -0.25) is 9.80 Å². The van der Waals surface area contributed by atoms with Crippen LogP contribution in [0.25, 0.3) is 0 Å². The van der Waals surface area contributed by atoms with Crippen LogP contribution in [-0.2, 0) is 0 Å². The zero-order chi connectivity index (χ0) is 26.0. The number of unbranched alkanes of at least 4 members (excludes halogenated alkanes) is 4. The molecule has 2 N–H and O–H groups in total. The van der Waals surface area contributed by atoms with Crippen molar-refractivity contribution in [3.63, 3.8) is 0 Å². The van der Waals surface area contributed by atoms with Crippen molar-refractivity contribution in [2.24, 2.45) is 5.92 Å². The predicted molar refractivity (Wildman–Crippen MR) is 150 cm³/mol. The summed E-state index contributed by atoms with van der Waals surface area (Å²) in [7, 11) is 0. The van der Waals surface area contributed by atoms with Crippen molar-refractivity contribution in [3.8, 4) is 23.7 Å². The summed E-state index contributed by atoms with van der Waals surface area (Å²) in [5.74, 6) is 13.2. The Morgan fingerprint density at radius 3 is 2.06 bits per heavy atom. The van der Waals surface area contributed by atoms with E-state index in [1.165, 1.54) is 44.9 Å². The van der Waals surface area contributed by atoms with Crippen LogP contribution < -0.4 is 0 Å². The number of rotatable bonds is 16. The van der Waals surface area contributed by atoms with Gasteiger partial charge in [0.1, 0.15) is 11.2 Å². The first-order valence-corrected chi connectivity index (χ1v) is 14.6. The molecule has 4 heteroatoms. The Kier molecular flexibility index (Phi) is 16.7. The SMILES string of the molecule is CCCCCCC(CCCCC(C)(O)C#CCN1CCCCC1)CC(C)(O)C#CCN(CC)CC. The summed E-state index contributed by atoms with van der Waals surface area (Å²) in [6, 6.07) is 0. The quantitative estimate of drug-likeness (QED) is 0.211. The minimum Gasteiger partial charge on any atom is -0.378 e. The molecule has 0 radical (unpaired) electrons. The molecule has 0 amide bonds. The van der Waals surface area contributed by atoms with E-state index in [1.54, 1.807) is 0 Å². The number of aliphatic hydroxyl groups is 2. The van der Waals surface area contributed by atoms with Crippen LogP contribution in [0.15, 0.2) is 0 Å². The number of piperidine rings is 1. The molecule has 1 saturated heterocycles. The summed E-state index contributed by atoms with van der Waals surface area (Å²) in [6.07, 6.45) is 14.6. The number of hydrogen-bond donors (Lipinski definition) is 2. The van der Waals surface area contributed by atoms with E-state index < -0.39 is 11.2 Å². The molecule has 1 aliphatic heterocycles. The highest BCUT2D eigenvalue weighted by atomic mass is 16.3. The third-order valence-corrected chi connectivity index (χ3v) is 7.34. The van der Waals surface area contributed by atoms with Crippen molar-refractivity contribution in [2.45, 2.75) is 129 Å². The lowest BCUT2D eigenvalue weighted by Gasteiger charge is -2.25. The van der Waals surface area contributed by atoms with Crippen molar-refractivity contribution >= 4 is 0 Å². The maximum absolute atomic E-state index is 11.0. The van der Waals surface area contributed by atoms with Crippen LogP contribution in [0, 0.1) is 29.6 Å². The van der Waals surface area contributed by atoms with Gasteiger partial charge in [-0.1, -0.05) is 95.8 Å². The highest BCUT2D eigenvalue weighted by molar-refractivity contribution is 5.14. The summed E-state index contributed by atoms with van der Waals surface area (Å²) in [5, 5.41) is 21.7. The molecule has 0 bridgehead atoms. The van der Waals surface area contributed by atoms with E-state index in [4.69, 9.17) is 0 Å². The number of likely N-dealkylation sites (tertiary alicyclic amines) is 1. The molecule has 0 saturated carbocycles. The first kappa shape index (κ1) is 32.0. The third-order valence-electron chi connectivity index (χ3n) is 7.34. The Labute approximate surface area is 218 Å². The predicted octanol–water partition coefficient (Wildman–Crippen LogP) is 5.86. The van der Waals surface area contributed by atoms with E-state index in [9.17, 15) is 10.2 Å². The van der Waals surface area contributed by atoms with Crippen LogP contribution in [0.2, 0.25) is 0 Å². The highest BCUT2D eigenvalue weighted by Crippen LogP contribution is 2.27. The standard InChI is InChI=1S/C31H56N2O2/c1-6-9-10-12-19-29(28-31(5,35)23-18-26-32(7-2)8-3)20-13-14-21-30(4,34)22-17-27-33-24-15-11-16-25-33/h29,34-35H,6-16,19-21,24-28H2,1-5H3. The fraction of sp³-hybridized carbons (Fsp3) is 0.871. The van der Waals surface area contributed by atoms with Gasteiger partial charge in [-0.2, -0.15) is 0 Å². The zero-order valence-corrected chi connectivity index (χ0v) is 23.8. The van der Waals surface area contributed by atoms with Gasteiger partial charge in [0.2, 0.25) is 0 Å². The molecule has 0 aromatic rings. The van der Waals surface area contributed by atoms with Gasteiger partial charge < -0.3 is 10.2 Å². The average Bonchev–Trinajstić information content (AvgIpc) is 2.82. The first-order chi connectivity index (χ1) is 16.7. The molecule has 0 aromatic heterocycles. The summed E-state index contributed by atoms with van der Waals surface area (Å²) in [4.78, 5) is 4.67. The highest BCUT2D eigenvalue weighted by Gasteiger charge is 2.24. The van der Waals surface area contributed by atoms with E-state index in [2.05, 4.69) is 54.3 Å². The third kappa shape index (κ3) is 16.3. The zero-order valence-electron chi connectivity index (χ0n) is 23.8. The second-order valence-corrected chi connectivity index (χ2v) is 11.1. The van der Waals surface area contributed by atoms with Gasteiger partial charge in [0, 0.05) is 0 Å². The number of nitrogens with zero attached hydrogens (tertiary/aromatic N) is 2. The van der Waals surface area contributed by atoms with Crippen molar-refractivity contribution in [1.82, 2.24) is 9.80 Å². The van der Waals surface area contributed by atoms with E-state index in [0.29, 0.717) is 12.3 Å². The molecule has 1 aliphatic rings. The molecule has 0 aliphatic carbocycles. The van der Waals surface area contributed by atoms with E-state index in [0.717, 1.165) is 71.4 Å². The molecule has 202 valence electrons. The van der Waals surface area contributed by atoms with E-state index >= 15 is 0 Å². The van der Waals surface area contributed by atoms with Crippen LogP contribution in [0.1, 0.15) is 118 Å². The van der Waals surface area contributed by atoms with Gasteiger partial charge in [-0.05, 0) is 78.0 Å². The second kappa shape index (κ2) is 18.2. The maximum atomic E-state index is 11.0. The maximum Gasteiger partial charge on any atom is 0.123 e. The summed E-state index contributed by atoms with van der Waals surface area (Å²) in [5.41, 5.74) is -1.85. The summed E-state index contributed by atoms with van der Waals surface area (Å²) in [6.45, 7) is 16.0. The fourth-order valence-electron chi connectivity index (χ4n) is 5.03. The number of hydrogen-bond acceptors (Lipinski definition) is 4. The van der Waals surface area contributed by atoms with Crippen LogP contribution in [-0.4, -0.2) is 70.5 Å². The van der Waals surface area contributed by atoms with Crippen molar-refractivity contribution in [1.29, 1.82) is 0 Å². The van der Waals surface area contributed by atoms with Crippen LogP contribution in [0.5, 0.6) is 0 Å². The molecular weight excluding hydrogens is 432 g/mol. The molecule has 0 spiro atoms. The molecule has 4 nitrogen and oxygen atoms in total. The second-order valence-electron chi connectivity index (χ2n) is 11.1. The molecule has 1 fully saturated rings. The topological polar surface area (TPSA) is 46.9 Å². The Bertz CT molecular complexity index is 655. The molecule has 3 unspecified atom stereocenters. The molecule has 1 heterocycles. The molecule has 35 heavy (non-hydrogen) atoms. The fourth-order valence-corrected chi connectivity index (χ4v) is 5.03. The van der Waals surface area contributed by atoms with Gasteiger partial charge in [0.05, 0.1) is 13.1 Å². The Balaban J connectivity index is 2.52. The largest absolute Gasteiger partial charge is 0.378 e. The van der Waals surface area contributed by atoms with Crippen LogP contribution in [0.4, 0.5) is 0 Å². The average molecular weight is 489 g/mol. The van der Waals surface area contributed by atoms with Crippen molar-refractivity contribution in [3.05, 3.63) is 0 Å². The van der Waals surface area contributed by atoms with Gasteiger partial charge in [-0.25, -0.2) is 0 Å². The van der Waals surface area contributed by atoms with Gasteiger partial charge in [-0.15, -0.1) is 0 Å². The normalized spacial score (nSPS) is 18.6. The van der Waals surface area contributed by atoms with Gasteiger partial charge in [0.25, 0.3) is 0 Å². The van der Waals surface area contributed by atoms with E-state index in [-0.39, 0.29) is 0 Å². The smallest absolute Gasteiger partial charge is 0.123 e. The van der Waals surface area contributed by atoms with Gasteiger partial charge >= 0.3 is 0 Å². The van der Waals surface area contributed by atoms with Gasteiger partial charge in [0.15, 0.2) is 0 Å². The lowest BCUT2D eigenvalue weighted by Crippen LogP contribution is -2.30. The Hall–Kier alpha value is -1.04. The lowest BCUT2D eigenvalue weighted by atomic mass is 9.84. The summed E-state index contributed by atoms with van der Waals surface area (Å²) < 4.78 is 0. The lowest BCUT2D eigenvalue weighted by molar-refractivity contribution is 0.0838. The van der Waals surface area contributed by atoms with Crippen molar-refractivity contribution in [2.75, 3.05) is 39.3 Å². The Morgan fingerprint density at radius 2 is 1.43 bits per heavy atom. The summed E-state index contributed by atoms with van der Waals surface area (Å²) >= 11 is 0.